The molecule has 7 heteroatoms. The van der Waals surface area contributed by atoms with Crippen molar-refractivity contribution in [3.63, 3.8) is 0 Å². The molecule has 1 aromatic heterocycles. The van der Waals surface area contributed by atoms with E-state index in [1.54, 1.807) is 11.1 Å². The number of carbonyl (C=O) groups is 1. The summed E-state index contributed by atoms with van der Waals surface area (Å²) in [5, 5.41) is 0.523. The Kier molecular flexibility index (Phi) is 4.56. The van der Waals surface area contributed by atoms with Gasteiger partial charge in [0.2, 0.25) is 0 Å². The second kappa shape index (κ2) is 6.05. The van der Waals surface area contributed by atoms with Crippen molar-refractivity contribution in [1.29, 1.82) is 0 Å². The van der Waals surface area contributed by atoms with Crippen molar-refractivity contribution in [1.82, 2.24) is 14.9 Å². The van der Waals surface area contributed by atoms with Gasteiger partial charge in [0.1, 0.15) is 17.0 Å². The summed E-state index contributed by atoms with van der Waals surface area (Å²) < 4.78 is 5.41. The summed E-state index contributed by atoms with van der Waals surface area (Å²) >= 11 is 6.14. The summed E-state index contributed by atoms with van der Waals surface area (Å²) in [6.45, 7) is 9.46. The number of ether oxygens (including phenoxy) is 1. The lowest BCUT2D eigenvalue weighted by Gasteiger charge is -2.40. The molecule has 0 N–H and O–H groups in total. The summed E-state index contributed by atoms with van der Waals surface area (Å²) in [6, 6.07) is 0.110. The van der Waals surface area contributed by atoms with Gasteiger partial charge >= 0.3 is 6.09 Å². The number of hydrogen-bond acceptors (Lipinski definition) is 5. The molecule has 1 unspecified atom stereocenters. The first-order valence-corrected chi connectivity index (χ1v) is 7.36. The first-order chi connectivity index (χ1) is 9.78. The Balaban J connectivity index is 2.03. The molecule has 1 aliphatic rings. The van der Waals surface area contributed by atoms with E-state index in [0.29, 0.717) is 30.5 Å². The lowest BCUT2D eigenvalue weighted by atomic mass is 10.2. The van der Waals surface area contributed by atoms with Crippen LogP contribution in [0.4, 0.5) is 10.6 Å². The molecule has 0 aromatic carbocycles. The molecule has 21 heavy (non-hydrogen) atoms. The highest BCUT2D eigenvalue weighted by molar-refractivity contribution is 6.32. The van der Waals surface area contributed by atoms with Gasteiger partial charge in [0.05, 0.1) is 6.20 Å². The minimum atomic E-state index is -0.479. The number of aromatic nitrogens is 2. The molecule has 0 saturated carbocycles. The van der Waals surface area contributed by atoms with E-state index < -0.39 is 5.60 Å². The van der Waals surface area contributed by atoms with Crippen LogP contribution >= 0.6 is 11.6 Å². The van der Waals surface area contributed by atoms with Crippen LogP contribution in [0, 0.1) is 0 Å². The Hall–Kier alpha value is -1.56. The number of amides is 1. The number of piperazine rings is 1. The SMILES string of the molecule is CC1CN(C(=O)OC(C)(C)C)CCN1c1ncncc1Cl. The zero-order chi connectivity index (χ0) is 15.6. The molecular weight excluding hydrogens is 292 g/mol. The second-order valence-corrected chi connectivity index (χ2v) is 6.57. The van der Waals surface area contributed by atoms with Crippen molar-refractivity contribution >= 4 is 23.5 Å². The molecule has 2 rings (SSSR count). The van der Waals surface area contributed by atoms with Crippen molar-refractivity contribution in [2.75, 3.05) is 24.5 Å². The van der Waals surface area contributed by atoms with Crippen LogP contribution in [0.2, 0.25) is 5.02 Å². The Labute approximate surface area is 130 Å². The average molecular weight is 313 g/mol. The Morgan fingerprint density at radius 1 is 1.43 bits per heavy atom. The number of carbonyl (C=O) groups excluding carboxylic acids is 1. The van der Waals surface area contributed by atoms with Gasteiger partial charge in [0, 0.05) is 25.7 Å². The van der Waals surface area contributed by atoms with Gasteiger partial charge < -0.3 is 14.5 Å². The highest BCUT2D eigenvalue weighted by Crippen LogP contribution is 2.25. The molecule has 0 aliphatic carbocycles. The number of hydrogen-bond donors (Lipinski definition) is 0. The Morgan fingerprint density at radius 2 is 2.14 bits per heavy atom. The molecule has 116 valence electrons. The summed E-state index contributed by atoms with van der Waals surface area (Å²) in [4.78, 5) is 24.0. The first kappa shape index (κ1) is 15.8. The van der Waals surface area contributed by atoms with Crippen LogP contribution in [0.15, 0.2) is 12.5 Å². The minimum absolute atomic E-state index is 0.110. The molecule has 0 bridgehead atoms. The van der Waals surface area contributed by atoms with Gasteiger partial charge in [-0.25, -0.2) is 14.8 Å². The molecule has 1 atom stereocenters. The number of rotatable bonds is 1. The zero-order valence-corrected chi connectivity index (χ0v) is 13.6. The van der Waals surface area contributed by atoms with Crippen LogP contribution in [-0.4, -0.2) is 52.2 Å². The van der Waals surface area contributed by atoms with Crippen LogP contribution in [0.25, 0.3) is 0 Å². The first-order valence-electron chi connectivity index (χ1n) is 6.98. The molecule has 6 nitrogen and oxygen atoms in total. The molecule has 0 spiro atoms. The summed E-state index contributed by atoms with van der Waals surface area (Å²) in [5.74, 6) is 0.711. The highest BCUT2D eigenvalue weighted by Gasteiger charge is 2.31. The van der Waals surface area contributed by atoms with Crippen LogP contribution in [0.5, 0.6) is 0 Å². The van der Waals surface area contributed by atoms with E-state index in [-0.39, 0.29) is 12.1 Å². The third-order valence-electron chi connectivity index (χ3n) is 3.20. The van der Waals surface area contributed by atoms with Gasteiger partial charge in [-0.05, 0) is 27.7 Å². The maximum Gasteiger partial charge on any atom is 0.410 e. The van der Waals surface area contributed by atoms with Crippen LogP contribution < -0.4 is 4.90 Å². The van der Waals surface area contributed by atoms with Crippen molar-refractivity contribution in [2.24, 2.45) is 0 Å². The summed E-state index contributed by atoms with van der Waals surface area (Å²) in [7, 11) is 0. The third kappa shape index (κ3) is 3.97. The van der Waals surface area contributed by atoms with Crippen molar-refractivity contribution < 1.29 is 9.53 Å². The topological polar surface area (TPSA) is 58.6 Å². The lowest BCUT2D eigenvalue weighted by molar-refractivity contribution is 0.0218. The fraction of sp³-hybridized carbons (Fsp3) is 0.643. The third-order valence-corrected chi connectivity index (χ3v) is 3.47. The number of nitrogens with zero attached hydrogens (tertiary/aromatic N) is 4. The van der Waals surface area contributed by atoms with E-state index in [4.69, 9.17) is 16.3 Å². The molecule has 2 heterocycles. The number of halogens is 1. The van der Waals surface area contributed by atoms with Crippen LogP contribution in [0.3, 0.4) is 0 Å². The summed E-state index contributed by atoms with van der Waals surface area (Å²) in [6.07, 6.45) is 2.79. The maximum absolute atomic E-state index is 12.1. The van der Waals surface area contributed by atoms with Crippen molar-refractivity contribution in [3.05, 3.63) is 17.5 Å². The van der Waals surface area contributed by atoms with Gasteiger partial charge in [-0.15, -0.1) is 0 Å². The predicted molar refractivity (Wildman–Crippen MR) is 81.7 cm³/mol. The van der Waals surface area contributed by atoms with Gasteiger partial charge in [-0.2, -0.15) is 0 Å². The quantitative estimate of drug-likeness (QED) is 0.797. The summed E-state index contributed by atoms with van der Waals surface area (Å²) in [5.41, 5.74) is -0.479. The van der Waals surface area contributed by atoms with Gasteiger partial charge in [-0.3, -0.25) is 0 Å². The fourth-order valence-electron chi connectivity index (χ4n) is 2.28. The maximum atomic E-state index is 12.1. The minimum Gasteiger partial charge on any atom is -0.444 e. The largest absolute Gasteiger partial charge is 0.444 e. The van der Waals surface area contributed by atoms with Crippen LogP contribution in [-0.2, 0) is 4.74 Å². The monoisotopic (exact) mass is 312 g/mol. The molecule has 1 saturated heterocycles. The smallest absolute Gasteiger partial charge is 0.410 e. The van der Waals surface area contributed by atoms with E-state index in [9.17, 15) is 4.79 Å². The van der Waals surface area contributed by atoms with E-state index in [1.807, 2.05) is 27.7 Å². The van der Waals surface area contributed by atoms with Crippen LogP contribution in [0.1, 0.15) is 27.7 Å². The molecule has 1 aliphatic heterocycles. The zero-order valence-electron chi connectivity index (χ0n) is 12.8. The highest BCUT2D eigenvalue weighted by atomic mass is 35.5. The van der Waals surface area contributed by atoms with Crippen molar-refractivity contribution in [2.45, 2.75) is 39.3 Å². The molecule has 1 fully saturated rings. The molecule has 0 radical (unpaired) electrons. The van der Waals surface area contributed by atoms with Crippen molar-refractivity contribution in [3.8, 4) is 0 Å². The standard InChI is InChI=1S/C14H21ClN4O2/c1-10-8-18(13(20)21-14(2,3)4)5-6-19(10)12-11(15)7-16-9-17-12/h7,9-10H,5-6,8H2,1-4H3. The fourth-order valence-corrected chi connectivity index (χ4v) is 2.50. The van der Waals surface area contributed by atoms with E-state index in [1.165, 1.54) is 6.33 Å². The Bertz CT molecular complexity index is 518. The van der Waals surface area contributed by atoms with Gasteiger partial charge in [0.15, 0.2) is 5.82 Å². The molecule has 1 aromatic rings. The second-order valence-electron chi connectivity index (χ2n) is 6.16. The average Bonchev–Trinajstić information content (AvgIpc) is 2.38. The normalized spacial score (nSPS) is 19.6. The van der Waals surface area contributed by atoms with Gasteiger partial charge in [-0.1, -0.05) is 11.6 Å². The predicted octanol–water partition coefficient (Wildman–Crippen LogP) is 2.58. The molecule has 1 amide bonds. The van der Waals surface area contributed by atoms with E-state index in [0.717, 1.165) is 0 Å². The molecular formula is C14H21ClN4O2. The number of anilines is 1. The van der Waals surface area contributed by atoms with E-state index >= 15 is 0 Å². The van der Waals surface area contributed by atoms with Gasteiger partial charge in [0.25, 0.3) is 0 Å². The lowest BCUT2D eigenvalue weighted by Crippen LogP contribution is -2.54. The Morgan fingerprint density at radius 3 is 2.71 bits per heavy atom. The van der Waals surface area contributed by atoms with E-state index in [2.05, 4.69) is 14.9 Å².